The third kappa shape index (κ3) is 5.57. The number of rotatable bonds is 6. The van der Waals surface area contributed by atoms with E-state index in [2.05, 4.69) is 0 Å². The van der Waals surface area contributed by atoms with Crippen LogP contribution in [0.4, 0.5) is 0 Å². The summed E-state index contributed by atoms with van der Waals surface area (Å²) in [7, 11) is 0. The van der Waals surface area contributed by atoms with E-state index < -0.39 is 55.5 Å². The van der Waals surface area contributed by atoms with E-state index in [0.717, 1.165) is 18.9 Å². The molecule has 2 aliphatic rings. The quantitative estimate of drug-likeness (QED) is 0.316. The van der Waals surface area contributed by atoms with Crippen molar-refractivity contribution >= 4 is 12.0 Å². The van der Waals surface area contributed by atoms with Crippen LogP contribution in [0.3, 0.4) is 0 Å². The summed E-state index contributed by atoms with van der Waals surface area (Å²) in [6.07, 6.45) is -2.59. The summed E-state index contributed by atoms with van der Waals surface area (Å²) < 4.78 is 16.6. The highest BCUT2D eigenvalue weighted by molar-refractivity contribution is 5.87. The molecule has 1 saturated heterocycles. The highest BCUT2D eigenvalue weighted by atomic mass is 16.7. The van der Waals surface area contributed by atoms with Crippen molar-refractivity contribution in [1.82, 2.24) is 0 Å². The van der Waals surface area contributed by atoms with Gasteiger partial charge in [-0.1, -0.05) is 25.0 Å². The molecule has 9 heteroatoms. The molecule has 5 N–H and O–H groups in total. The van der Waals surface area contributed by atoms with Gasteiger partial charge in [0, 0.05) is 6.08 Å². The van der Waals surface area contributed by atoms with Crippen molar-refractivity contribution in [2.24, 2.45) is 0 Å². The summed E-state index contributed by atoms with van der Waals surface area (Å²) in [5, 5.41) is 49.5. The number of hydrogen-bond donors (Lipinski definition) is 5. The molecule has 9 nitrogen and oxygen atoms in total. The maximum absolute atomic E-state index is 12.3. The van der Waals surface area contributed by atoms with Crippen LogP contribution in [0.5, 0.6) is 5.75 Å². The number of phenolic OH excluding ortho intramolecular Hbond substituents is 1. The Balaban J connectivity index is 1.70. The van der Waals surface area contributed by atoms with Gasteiger partial charge < -0.3 is 39.7 Å². The van der Waals surface area contributed by atoms with Crippen molar-refractivity contribution in [2.45, 2.75) is 68.6 Å². The molecule has 1 heterocycles. The van der Waals surface area contributed by atoms with Crippen LogP contribution in [0.25, 0.3) is 6.08 Å². The van der Waals surface area contributed by atoms with Crippen molar-refractivity contribution in [1.29, 1.82) is 0 Å². The Kier molecular flexibility index (Phi) is 7.81. The molecule has 1 aliphatic carbocycles. The number of aromatic hydroxyl groups is 1. The second-order valence-corrected chi connectivity index (χ2v) is 7.56. The lowest BCUT2D eigenvalue weighted by atomic mass is 9.94. The van der Waals surface area contributed by atoms with E-state index in [0.29, 0.717) is 18.4 Å². The standard InChI is InChI=1S/C21H28O9/c22-11-16-18(26)19(27)20(21(29-16)28-15-4-2-1-3-14(15)24)30-17(25)10-7-12-5-8-13(23)9-6-12/h5-10,14-16,18-24,26-27H,1-4,11H2. The van der Waals surface area contributed by atoms with Gasteiger partial charge in [-0.3, -0.25) is 0 Å². The molecule has 166 valence electrons. The zero-order chi connectivity index (χ0) is 21.7. The van der Waals surface area contributed by atoms with Gasteiger partial charge >= 0.3 is 5.97 Å². The fourth-order valence-corrected chi connectivity index (χ4v) is 3.62. The normalized spacial score (nSPS) is 34.7. The Labute approximate surface area is 174 Å². The summed E-state index contributed by atoms with van der Waals surface area (Å²) in [4.78, 5) is 12.3. The first kappa shape index (κ1) is 22.7. The number of hydrogen-bond acceptors (Lipinski definition) is 9. The van der Waals surface area contributed by atoms with Crippen LogP contribution < -0.4 is 0 Å². The number of aliphatic hydroxyl groups is 4. The number of benzene rings is 1. The van der Waals surface area contributed by atoms with Gasteiger partial charge in [-0.2, -0.15) is 0 Å². The van der Waals surface area contributed by atoms with Crippen LogP contribution in [0.1, 0.15) is 31.2 Å². The van der Waals surface area contributed by atoms with Crippen molar-refractivity contribution in [3.05, 3.63) is 35.9 Å². The fraction of sp³-hybridized carbons (Fsp3) is 0.571. The lowest BCUT2D eigenvalue weighted by Crippen LogP contribution is -2.61. The Hall–Kier alpha value is -2.01. The fourth-order valence-electron chi connectivity index (χ4n) is 3.62. The van der Waals surface area contributed by atoms with E-state index >= 15 is 0 Å². The number of carbonyl (C=O) groups is 1. The van der Waals surface area contributed by atoms with Crippen LogP contribution in [-0.4, -0.2) is 81.0 Å². The van der Waals surface area contributed by atoms with E-state index in [1.807, 2.05) is 0 Å². The Morgan fingerprint density at radius 2 is 1.80 bits per heavy atom. The lowest BCUT2D eigenvalue weighted by molar-refractivity contribution is -0.320. The average Bonchev–Trinajstić information content (AvgIpc) is 2.74. The zero-order valence-corrected chi connectivity index (χ0v) is 16.4. The summed E-state index contributed by atoms with van der Waals surface area (Å²) in [6.45, 7) is -0.563. The highest BCUT2D eigenvalue weighted by Crippen LogP contribution is 2.29. The number of carbonyl (C=O) groups excluding carboxylic acids is 1. The topological polar surface area (TPSA) is 146 Å². The third-order valence-corrected chi connectivity index (χ3v) is 5.36. The van der Waals surface area contributed by atoms with Gasteiger partial charge in [-0.15, -0.1) is 0 Å². The molecule has 0 spiro atoms. The molecule has 7 atom stereocenters. The summed E-state index contributed by atoms with van der Waals surface area (Å²) in [5.41, 5.74) is 0.642. The number of esters is 1. The number of ether oxygens (including phenoxy) is 3. The summed E-state index contributed by atoms with van der Waals surface area (Å²) in [6, 6.07) is 6.14. The lowest BCUT2D eigenvalue weighted by Gasteiger charge is -2.43. The minimum atomic E-state index is -1.55. The van der Waals surface area contributed by atoms with E-state index in [9.17, 15) is 30.3 Å². The molecular formula is C21H28O9. The molecule has 0 aromatic heterocycles. The summed E-state index contributed by atoms with van der Waals surface area (Å²) in [5.74, 6) is -0.710. The van der Waals surface area contributed by atoms with E-state index in [-0.39, 0.29) is 5.75 Å². The van der Waals surface area contributed by atoms with E-state index in [4.69, 9.17) is 14.2 Å². The van der Waals surface area contributed by atoms with Crippen molar-refractivity contribution in [3.8, 4) is 5.75 Å². The van der Waals surface area contributed by atoms with Gasteiger partial charge in [0.05, 0.1) is 18.8 Å². The van der Waals surface area contributed by atoms with Gasteiger partial charge in [-0.05, 0) is 36.6 Å². The monoisotopic (exact) mass is 424 g/mol. The molecule has 7 unspecified atom stereocenters. The van der Waals surface area contributed by atoms with Crippen LogP contribution in [0.2, 0.25) is 0 Å². The number of aliphatic hydroxyl groups excluding tert-OH is 4. The maximum Gasteiger partial charge on any atom is 0.331 e. The molecule has 3 rings (SSSR count). The second kappa shape index (κ2) is 10.3. The molecule has 1 aromatic carbocycles. The predicted molar refractivity (Wildman–Crippen MR) is 104 cm³/mol. The van der Waals surface area contributed by atoms with Crippen LogP contribution in [-0.2, 0) is 19.0 Å². The van der Waals surface area contributed by atoms with E-state index in [1.54, 1.807) is 12.1 Å². The van der Waals surface area contributed by atoms with Gasteiger partial charge in [-0.25, -0.2) is 4.79 Å². The minimum Gasteiger partial charge on any atom is -0.508 e. The molecular weight excluding hydrogens is 396 g/mol. The van der Waals surface area contributed by atoms with Crippen molar-refractivity contribution in [3.63, 3.8) is 0 Å². The second-order valence-electron chi connectivity index (χ2n) is 7.56. The zero-order valence-electron chi connectivity index (χ0n) is 16.4. The van der Waals surface area contributed by atoms with Crippen LogP contribution in [0, 0.1) is 0 Å². The molecule has 30 heavy (non-hydrogen) atoms. The maximum atomic E-state index is 12.3. The molecule has 1 aromatic rings. The third-order valence-electron chi connectivity index (χ3n) is 5.36. The van der Waals surface area contributed by atoms with Gasteiger partial charge in [0.25, 0.3) is 0 Å². The van der Waals surface area contributed by atoms with Gasteiger partial charge in [0.2, 0.25) is 0 Å². The molecule has 0 amide bonds. The molecule has 1 aliphatic heterocycles. The van der Waals surface area contributed by atoms with Gasteiger partial charge in [0.1, 0.15) is 24.1 Å². The molecule has 0 radical (unpaired) electrons. The first-order chi connectivity index (χ1) is 14.4. The molecule has 1 saturated carbocycles. The van der Waals surface area contributed by atoms with Gasteiger partial charge in [0.15, 0.2) is 12.4 Å². The minimum absolute atomic E-state index is 0.0921. The molecule has 2 fully saturated rings. The Morgan fingerprint density at radius 3 is 2.47 bits per heavy atom. The number of phenols is 1. The van der Waals surface area contributed by atoms with Crippen molar-refractivity contribution < 1.29 is 44.5 Å². The highest BCUT2D eigenvalue weighted by Gasteiger charge is 2.48. The van der Waals surface area contributed by atoms with Crippen LogP contribution >= 0.6 is 0 Å². The summed E-state index contributed by atoms with van der Waals surface area (Å²) >= 11 is 0. The van der Waals surface area contributed by atoms with Crippen molar-refractivity contribution in [2.75, 3.05) is 6.61 Å². The largest absolute Gasteiger partial charge is 0.508 e. The first-order valence-corrected chi connectivity index (χ1v) is 10.0. The predicted octanol–water partition coefficient (Wildman–Crippen LogP) is 0.0763. The van der Waals surface area contributed by atoms with Crippen LogP contribution in [0.15, 0.2) is 30.3 Å². The Bertz CT molecular complexity index is 720. The average molecular weight is 424 g/mol. The Morgan fingerprint density at radius 1 is 1.10 bits per heavy atom. The molecule has 0 bridgehead atoms. The van der Waals surface area contributed by atoms with E-state index in [1.165, 1.54) is 18.2 Å². The SMILES string of the molecule is O=C(C=Cc1ccc(O)cc1)OC1C(OC2CCCCC2O)OC(CO)C(O)C1O. The smallest absolute Gasteiger partial charge is 0.331 e. The first-order valence-electron chi connectivity index (χ1n) is 10.0.